The fourth-order valence-corrected chi connectivity index (χ4v) is 4.02. The third-order valence-electron chi connectivity index (χ3n) is 5.96. The second-order valence-electron chi connectivity index (χ2n) is 8.80. The first kappa shape index (κ1) is 32.1. The molecule has 2 aromatic rings. The van der Waals surface area contributed by atoms with Gasteiger partial charge in [-0.1, -0.05) is 45.2 Å². The molecule has 3 atom stereocenters. The van der Waals surface area contributed by atoms with E-state index in [0.717, 1.165) is 16.7 Å². The quantitative estimate of drug-likeness (QED) is 0.274. The maximum absolute atomic E-state index is 13.2. The number of phenols is 1. The minimum Gasteiger partial charge on any atom is -0.508 e. The van der Waals surface area contributed by atoms with Crippen LogP contribution in [-0.4, -0.2) is 60.0 Å². The average Bonchev–Trinajstić information content (AvgIpc) is 2.85. The molecule has 0 radical (unpaired) electrons. The van der Waals surface area contributed by atoms with Crippen LogP contribution in [0.15, 0.2) is 42.5 Å². The van der Waals surface area contributed by atoms with Gasteiger partial charge in [0.05, 0.1) is 12.6 Å². The third-order valence-corrected chi connectivity index (χ3v) is 5.96. The van der Waals surface area contributed by atoms with Gasteiger partial charge in [-0.2, -0.15) is 0 Å². The Balaban J connectivity index is 0.00000361. The molecule has 4 amide bonds. The first-order valence-electron chi connectivity index (χ1n) is 11.7. The molecule has 38 heavy (non-hydrogen) atoms. The molecule has 2 aromatic carbocycles. The molecule has 4 bridgehead atoms. The molecule has 10 N–H and O–H groups in total. The highest BCUT2D eigenvalue weighted by Gasteiger charge is 2.29. The molecule has 1 aliphatic rings. The van der Waals surface area contributed by atoms with E-state index in [4.69, 9.17) is 17.2 Å². The highest BCUT2D eigenvalue weighted by atomic mass is 16.3. The van der Waals surface area contributed by atoms with Crippen LogP contribution in [0.3, 0.4) is 0 Å². The second-order valence-corrected chi connectivity index (χ2v) is 8.80. The fraction of sp³-hybridized carbons (Fsp3) is 0.407. The van der Waals surface area contributed by atoms with Crippen molar-refractivity contribution in [2.45, 2.75) is 58.7 Å². The molecular formula is C27H40N6O5. The number of nitrogens with two attached hydrogens (primary N) is 3. The van der Waals surface area contributed by atoms with E-state index < -0.39 is 41.8 Å². The van der Waals surface area contributed by atoms with Crippen LogP contribution >= 0.6 is 0 Å². The number of carbonyl (C=O) groups excluding carboxylic acids is 4. The summed E-state index contributed by atoms with van der Waals surface area (Å²) in [6.45, 7) is -0.0919. The van der Waals surface area contributed by atoms with Gasteiger partial charge in [-0.25, -0.2) is 0 Å². The molecule has 0 saturated heterocycles. The topological polar surface area (TPSA) is 203 Å². The van der Waals surface area contributed by atoms with Gasteiger partial charge in [0, 0.05) is 12.8 Å². The number of hydrogen-bond donors (Lipinski definition) is 7. The third kappa shape index (κ3) is 8.56. The standard InChI is InChI=1S/C25H32N6O5.2CH4/c26-8-2-5-19-25(36)31-20(24(35)29-13-22(28)33)10-14-3-1-4-15(9-14)16-6-7-21(32)17(11-16)12-18(27)23(34)30-19;;/h1,3-4,6-7,9,11,18-20,32H,2,5,8,10,12-13,26-27H2,(H2,28,33)(H,29,35)(H,30,34)(H,31,36);2*1H4/t18-,19-,20-;;/m0../s1. The van der Waals surface area contributed by atoms with E-state index in [-0.39, 0.29) is 46.4 Å². The Morgan fingerprint density at radius 1 is 1.00 bits per heavy atom. The summed E-state index contributed by atoms with van der Waals surface area (Å²) >= 11 is 0. The van der Waals surface area contributed by atoms with Gasteiger partial charge in [0.15, 0.2) is 0 Å². The maximum atomic E-state index is 13.2. The van der Waals surface area contributed by atoms with Gasteiger partial charge in [-0.05, 0) is 53.8 Å². The van der Waals surface area contributed by atoms with Crippen LogP contribution in [0.2, 0.25) is 0 Å². The van der Waals surface area contributed by atoms with Gasteiger partial charge < -0.3 is 38.3 Å². The van der Waals surface area contributed by atoms with E-state index in [9.17, 15) is 24.3 Å². The first-order chi connectivity index (χ1) is 17.2. The van der Waals surface area contributed by atoms with Crippen molar-refractivity contribution in [1.82, 2.24) is 16.0 Å². The number of primary amides is 1. The Labute approximate surface area is 223 Å². The molecule has 0 unspecified atom stereocenters. The van der Waals surface area contributed by atoms with E-state index >= 15 is 0 Å². The van der Waals surface area contributed by atoms with E-state index in [2.05, 4.69) is 16.0 Å². The van der Waals surface area contributed by atoms with Crippen molar-refractivity contribution in [1.29, 1.82) is 0 Å². The molecule has 11 heteroatoms. The summed E-state index contributed by atoms with van der Waals surface area (Å²) in [5.41, 5.74) is 19.7. The Hall–Kier alpha value is -3.96. The zero-order chi connectivity index (χ0) is 26.2. The lowest BCUT2D eigenvalue weighted by Crippen LogP contribution is -2.57. The van der Waals surface area contributed by atoms with Crippen molar-refractivity contribution in [3.8, 4) is 16.9 Å². The van der Waals surface area contributed by atoms with Gasteiger partial charge in [-0.15, -0.1) is 0 Å². The number of benzene rings is 2. The summed E-state index contributed by atoms with van der Waals surface area (Å²) < 4.78 is 0. The zero-order valence-corrected chi connectivity index (χ0v) is 19.8. The van der Waals surface area contributed by atoms with Crippen LogP contribution in [0.5, 0.6) is 5.75 Å². The van der Waals surface area contributed by atoms with Crippen LogP contribution < -0.4 is 33.2 Å². The average molecular weight is 529 g/mol. The Kier molecular flexibility index (Phi) is 12.4. The molecule has 1 heterocycles. The van der Waals surface area contributed by atoms with E-state index in [1.54, 1.807) is 12.1 Å². The lowest BCUT2D eigenvalue weighted by Gasteiger charge is -2.24. The largest absolute Gasteiger partial charge is 0.508 e. The molecular weight excluding hydrogens is 488 g/mol. The normalized spacial score (nSPS) is 19.3. The van der Waals surface area contributed by atoms with Crippen LogP contribution in [0.25, 0.3) is 11.1 Å². The molecule has 0 fully saturated rings. The van der Waals surface area contributed by atoms with Gasteiger partial charge in [0.2, 0.25) is 23.6 Å². The fourth-order valence-electron chi connectivity index (χ4n) is 4.02. The number of rotatable bonds is 6. The lowest BCUT2D eigenvalue weighted by atomic mass is 9.96. The van der Waals surface area contributed by atoms with Crippen molar-refractivity contribution in [2.24, 2.45) is 17.2 Å². The summed E-state index contributed by atoms with van der Waals surface area (Å²) in [4.78, 5) is 50.1. The van der Waals surface area contributed by atoms with E-state index in [0.29, 0.717) is 18.5 Å². The Morgan fingerprint density at radius 2 is 1.71 bits per heavy atom. The summed E-state index contributed by atoms with van der Waals surface area (Å²) in [6.07, 6.45) is 0.838. The van der Waals surface area contributed by atoms with Crippen molar-refractivity contribution in [2.75, 3.05) is 13.1 Å². The summed E-state index contributed by atoms with van der Waals surface area (Å²) in [5.74, 6) is -2.48. The number of hydrogen-bond acceptors (Lipinski definition) is 7. The van der Waals surface area contributed by atoms with Crippen molar-refractivity contribution < 1.29 is 24.3 Å². The molecule has 208 valence electrons. The molecule has 3 rings (SSSR count). The van der Waals surface area contributed by atoms with Gasteiger partial charge >= 0.3 is 0 Å². The molecule has 0 aliphatic carbocycles. The number of phenolic OH excluding ortho intramolecular Hbond substituents is 1. The van der Waals surface area contributed by atoms with Crippen molar-refractivity contribution in [3.63, 3.8) is 0 Å². The molecule has 11 nitrogen and oxygen atoms in total. The highest BCUT2D eigenvalue weighted by Crippen LogP contribution is 2.28. The smallest absolute Gasteiger partial charge is 0.243 e. The lowest BCUT2D eigenvalue weighted by molar-refractivity contribution is -0.133. The van der Waals surface area contributed by atoms with Gasteiger partial charge in [-0.3, -0.25) is 19.2 Å². The predicted molar refractivity (Wildman–Crippen MR) is 147 cm³/mol. The van der Waals surface area contributed by atoms with Gasteiger partial charge in [0.1, 0.15) is 17.8 Å². The maximum Gasteiger partial charge on any atom is 0.243 e. The van der Waals surface area contributed by atoms with E-state index in [1.165, 1.54) is 6.07 Å². The number of fused-ring (bicyclic) bond motifs is 5. The zero-order valence-electron chi connectivity index (χ0n) is 19.8. The summed E-state index contributed by atoms with van der Waals surface area (Å²) in [6, 6.07) is 9.33. The summed E-state index contributed by atoms with van der Waals surface area (Å²) in [7, 11) is 0. The number of amides is 4. The number of carbonyl (C=O) groups is 4. The minimum absolute atomic E-state index is 0. The number of nitrogens with one attached hydrogen (secondary N) is 3. The Bertz CT molecular complexity index is 1140. The summed E-state index contributed by atoms with van der Waals surface area (Å²) in [5, 5.41) is 18.1. The first-order valence-corrected chi connectivity index (χ1v) is 11.7. The highest BCUT2D eigenvalue weighted by molar-refractivity contribution is 5.94. The molecule has 0 aromatic heterocycles. The van der Waals surface area contributed by atoms with Crippen LogP contribution in [-0.2, 0) is 32.0 Å². The van der Waals surface area contributed by atoms with Gasteiger partial charge in [0.25, 0.3) is 0 Å². The molecule has 0 spiro atoms. The minimum atomic E-state index is -1.04. The number of aromatic hydroxyl groups is 1. The van der Waals surface area contributed by atoms with Crippen LogP contribution in [0.4, 0.5) is 0 Å². The predicted octanol–water partition coefficient (Wildman–Crippen LogP) is 0.0673. The molecule has 1 aliphatic heterocycles. The second kappa shape index (κ2) is 14.7. The van der Waals surface area contributed by atoms with Crippen molar-refractivity contribution >= 4 is 23.6 Å². The van der Waals surface area contributed by atoms with Crippen molar-refractivity contribution in [3.05, 3.63) is 53.6 Å². The Morgan fingerprint density at radius 3 is 2.39 bits per heavy atom. The van der Waals surface area contributed by atoms with Crippen LogP contribution in [0, 0.1) is 0 Å². The SMILES string of the molecule is C.C.NCCC[C@@H]1NC(=O)[C@@H](N)Cc2cc(ccc2O)-c2cccc(c2)C[C@@H](C(=O)NCC(N)=O)NC1=O. The molecule has 0 saturated carbocycles. The van der Waals surface area contributed by atoms with E-state index in [1.807, 2.05) is 24.3 Å². The monoisotopic (exact) mass is 528 g/mol. The van der Waals surface area contributed by atoms with Crippen LogP contribution in [0.1, 0.15) is 38.8 Å².